The van der Waals surface area contributed by atoms with Crippen LogP contribution in [0.5, 0.6) is 0 Å². The van der Waals surface area contributed by atoms with E-state index < -0.39 is 0 Å². The van der Waals surface area contributed by atoms with Crippen LogP contribution in [0.25, 0.3) is 10.9 Å². The first-order chi connectivity index (χ1) is 13.0. The standard InChI is InChI=1S/C18H17BrN4O3S/c1-2-23(16(24)9-20-18(26)13-7-8-14(19)27-13)10-15-21-12-6-4-3-5-11(12)17(25)22-15/h3-8H,2,9-10H2,1H3,(H,20,26)(H,21,22,25). The zero-order chi connectivity index (χ0) is 19.4. The van der Waals surface area contributed by atoms with Gasteiger partial charge in [-0.3, -0.25) is 14.4 Å². The van der Waals surface area contributed by atoms with Crippen LogP contribution in [0.3, 0.4) is 0 Å². The minimum Gasteiger partial charge on any atom is -0.342 e. The van der Waals surface area contributed by atoms with E-state index in [1.54, 1.807) is 36.4 Å². The first kappa shape index (κ1) is 19.2. The highest BCUT2D eigenvalue weighted by Crippen LogP contribution is 2.21. The molecule has 0 aliphatic rings. The van der Waals surface area contributed by atoms with Gasteiger partial charge in [-0.1, -0.05) is 12.1 Å². The summed E-state index contributed by atoms with van der Waals surface area (Å²) in [6.45, 7) is 2.29. The quantitative estimate of drug-likeness (QED) is 0.605. The van der Waals surface area contributed by atoms with Crippen molar-refractivity contribution < 1.29 is 9.59 Å². The molecule has 2 N–H and O–H groups in total. The van der Waals surface area contributed by atoms with Crippen LogP contribution in [0.2, 0.25) is 0 Å². The summed E-state index contributed by atoms with van der Waals surface area (Å²) in [5.41, 5.74) is 0.340. The minimum absolute atomic E-state index is 0.125. The van der Waals surface area contributed by atoms with Crippen molar-refractivity contribution in [3.63, 3.8) is 0 Å². The predicted molar refractivity (Wildman–Crippen MR) is 108 cm³/mol. The Morgan fingerprint density at radius 2 is 2.04 bits per heavy atom. The predicted octanol–water partition coefficient (Wildman–Crippen LogP) is 2.53. The maximum Gasteiger partial charge on any atom is 0.261 e. The van der Waals surface area contributed by atoms with Crippen LogP contribution in [0.4, 0.5) is 0 Å². The fraction of sp³-hybridized carbons (Fsp3) is 0.222. The monoisotopic (exact) mass is 448 g/mol. The Kier molecular flexibility index (Phi) is 6.02. The molecule has 3 aromatic rings. The van der Waals surface area contributed by atoms with Gasteiger partial charge >= 0.3 is 0 Å². The molecule has 140 valence electrons. The number of amides is 2. The zero-order valence-corrected chi connectivity index (χ0v) is 16.9. The lowest BCUT2D eigenvalue weighted by Gasteiger charge is -2.20. The molecular formula is C18H17BrN4O3S. The van der Waals surface area contributed by atoms with Gasteiger partial charge in [-0.05, 0) is 47.1 Å². The summed E-state index contributed by atoms with van der Waals surface area (Å²) in [4.78, 5) is 45.9. The molecule has 0 saturated carbocycles. The van der Waals surface area contributed by atoms with Crippen molar-refractivity contribution in [2.24, 2.45) is 0 Å². The van der Waals surface area contributed by atoms with Gasteiger partial charge in [-0.25, -0.2) is 4.98 Å². The first-order valence-corrected chi connectivity index (χ1v) is 9.88. The number of carbonyl (C=O) groups is 2. The van der Waals surface area contributed by atoms with Crippen LogP contribution in [0, 0.1) is 0 Å². The van der Waals surface area contributed by atoms with E-state index in [1.165, 1.54) is 16.2 Å². The molecule has 0 fully saturated rings. The summed E-state index contributed by atoms with van der Waals surface area (Å²) < 4.78 is 0.848. The number of halogens is 1. The van der Waals surface area contributed by atoms with Crippen LogP contribution in [-0.4, -0.2) is 39.8 Å². The average molecular weight is 449 g/mol. The number of hydrogen-bond donors (Lipinski definition) is 2. The smallest absolute Gasteiger partial charge is 0.261 e. The fourth-order valence-corrected chi connectivity index (χ4v) is 3.86. The lowest BCUT2D eigenvalue weighted by atomic mass is 10.2. The van der Waals surface area contributed by atoms with Gasteiger partial charge in [0.2, 0.25) is 5.91 Å². The first-order valence-electron chi connectivity index (χ1n) is 8.27. The van der Waals surface area contributed by atoms with Gasteiger partial charge in [-0.2, -0.15) is 0 Å². The Labute approximate surface area is 167 Å². The van der Waals surface area contributed by atoms with Gasteiger partial charge in [0.25, 0.3) is 11.5 Å². The Balaban J connectivity index is 1.67. The zero-order valence-electron chi connectivity index (χ0n) is 14.5. The second-order valence-corrected chi connectivity index (χ2v) is 8.19. The van der Waals surface area contributed by atoms with Gasteiger partial charge in [-0.15, -0.1) is 11.3 Å². The van der Waals surface area contributed by atoms with Gasteiger partial charge in [0.05, 0.1) is 32.7 Å². The summed E-state index contributed by atoms with van der Waals surface area (Å²) in [7, 11) is 0. The Morgan fingerprint density at radius 3 is 2.74 bits per heavy atom. The normalized spacial score (nSPS) is 10.7. The number of likely N-dealkylation sites (N-methyl/N-ethyl adjacent to an activating group) is 1. The maximum absolute atomic E-state index is 12.5. The number of nitrogens with one attached hydrogen (secondary N) is 2. The molecule has 2 aromatic heterocycles. The molecule has 0 aliphatic carbocycles. The van der Waals surface area contributed by atoms with Crippen LogP contribution in [0.1, 0.15) is 22.4 Å². The number of para-hydroxylation sites is 1. The second kappa shape index (κ2) is 8.45. The Morgan fingerprint density at radius 1 is 1.26 bits per heavy atom. The third kappa shape index (κ3) is 4.61. The molecule has 2 amide bonds. The van der Waals surface area contributed by atoms with E-state index in [9.17, 15) is 14.4 Å². The number of aromatic nitrogens is 2. The van der Waals surface area contributed by atoms with Crippen LogP contribution < -0.4 is 10.9 Å². The third-order valence-corrected chi connectivity index (χ3v) is 5.56. The molecule has 27 heavy (non-hydrogen) atoms. The molecule has 0 saturated heterocycles. The van der Waals surface area contributed by atoms with E-state index in [2.05, 4.69) is 31.2 Å². The number of aromatic amines is 1. The Hall–Kier alpha value is -2.52. The molecule has 1 aromatic carbocycles. The largest absolute Gasteiger partial charge is 0.342 e. The van der Waals surface area contributed by atoms with E-state index in [-0.39, 0.29) is 30.5 Å². The van der Waals surface area contributed by atoms with Gasteiger partial charge in [0.1, 0.15) is 5.82 Å². The number of benzene rings is 1. The van der Waals surface area contributed by atoms with Crippen molar-refractivity contribution in [1.82, 2.24) is 20.2 Å². The molecule has 3 rings (SSSR count). The van der Waals surface area contributed by atoms with Gasteiger partial charge in [0.15, 0.2) is 0 Å². The SMILES string of the molecule is CCN(Cc1nc2ccccc2c(=O)[nH]1)C(=O)CNC(=O)c1ccc(Br)s1. The molecule has 0 spiro atoms. The number of hydrogen-bond acceptors (Lipinski definition) is 5. The van der Waals surface area contributed by atoms with Crippen molar-refractivity contribution in [2.45, 2.75) is 13.5 Å². The number of nitrogens with zero attached hydrogens (tertiary/aromatic N) is 2. The van der Waals surface area contributed by atoms with Crippen molar-refractivity contribution in [1.29, 1.82) is 0 Å². The van der Waals surface area contributed by atoms with E-state index in [0.717, 1.165) is 3.79 Å². The summed E-state index contributed by atoms with van der Waals surface area (Å²) in [6.07, 6.45) is 0. The van der Waals surface area contributed by atoms with Crippen LogP contribution >= 0.6 is 27.3 Å². The van der Waals surface area contributed by atoms with Gasteiger partial charge < -0.3 is 15.2 Å². The molecule has 2 heterocycles. The highest BCUT2D eigenvalue weighted by atomic mass is 79.9. The highest BCUT2D eigenvalue weighted by Gasteiger charge is 2.16. The number of H-pyrrole nitrogens is 1. The Bertz CT molecular complexity index is 1050. The van der Waals surface area contributed by atoms with Crippen molar-refractivity contribution in [3.8, 4) is 0 Å². The van der Waals surface area contributed by atoms with E-state index in [0.29, 0.717) is 28.1 Å². The lowest BCUT2D eigenvalue weighted by molar-refractivity contribution is -0.130. The summed E-state index contributed by atoms with van der Waals surface area (Å²) in [5.74, 6) is -0.146. The summed E-state index contributed by atoms with van der Waals surface area (Å²) in [5, 5.41) is 3.13. The maximum atomic E-state index is 12.5. The average Bonchev–Trinajstić information content (AvgIpc) is 3.10. The van der Waals surface area contributed by atoms with Crippen molar-refractivity contribution in [2.75, 3.05) is 13.1 Å². The molecule has 0 unspecified atom stereocenters. The number of rotatable bonds is 6. The van der Waals surface area contributed by atoms with Gasteiger partial charge in [0, 0.05) is 6.54 Å². The van der Waals surface area contributed by atoms with E-state index in [1.807, 2.05) is 6.92 Å². The van der Waals surface area contributed by atoms with Crippen LogP contribution in [-0.2, 0) is 11.3 Å². The van der Waals surface area contributed by atoms with E-state index in [4.69, 9.17) is 0 Å². The topological polar surface area (TPSA) is 95.2 Å². The third-order valence-electron chi connectivity index (χ3n) is 3.93. The number of fused-ring (bicyclic) bond motifs is 1. The van der Waals surface area contributed by atoms with Crippen molar-refractivity contribution >= 4 is 50.0 Å². The molecule has 0 aliphatic heterocycles. The molecule has 0 bridgehead atoms. The second-order valence-electron chi connectivity index (χ2n) is 5.72. The highest BCUT2D eigenvalue weighted by molar-refractivity contribution is 9.11. The lowest BCUT2D eigenvalue weighted by Crippen LogP contribution is -2.40. The number of thiophene rings is 1. The molecule has 7 nitrogen and oxygen atoms in total. The fourth-order valence-electron chi connectivity index (χ4n) is 2.56. The minimum atomic E-state index is -0.299. The molecule has 0 atom stereocenters. The van der Waals surface area contributed by atoms with Crippen molar-refractivity contribution in [3.05, 3.63) is 61.2 Å². The summed E-state index contributed by atoms with van der Waals surface area (Å²) >= 11 is 4.60. The molecular weight excluding hydrogens is 432 g/mol. The molecule has 0 radical (unpaired) electrons. The molecule has 9 heteroatoms. The van der Waals surface area contributed by atoms with Crippen LogP contribution in [0.15, 0.2) is 45.0 Å². The number of carbonyl (C=O) groups excluding carboxylic acids is 2. The van der Waals surface area contributed by atoms with E-state index >= 15 is 0 Å². The summed E-state index contributed by atoms with van der Waals surface area (Å²) in [6, 6.07) is 10.5.